The lowest BCUT2D eigenvalue weighted by Gasteiger charge is -2.14. The summed E-state index contributed by atoms with van der Waals surface area (Å²) in [6.07, 6.45) is 0. The monoisotopic (exact) mass is 323 g/mol. The van der Waals surface area contributed by atoms with Crippen LogP contribution in [0, 0.1) is 3.57 Å². The van der Waals surface area contributed by atoms with Gasteiger partial charge in [-0.25, -0.2) is 0 Å². The molecule has 0 heterocycles. The van der Waals surface area contributed by atoms with Crippen molar-refractivity contribution in [3.8, 4) is 11.5 Å². The van der Waals surface area contributed by atoms with Crippen molar-refractivity contribution in [3.05, 3.63) is 21.3 Å². The van der Waals surface area contributed by atoms with E-state index in [2.05, 4.69) is 22.6 Å². The topological polar surface area (TPSA) is 64.7 Å². The Hall–Kier alpha value is -0.530. The summed E-state index contributed by atoms with van der Waals surface area (Å²) in [5.41, 5.74) is 6.56. The molecule has 4 nitrogen and oxygen atoms in total. The van der Waals surface area contributed by atoms with Crippen LogP contribution in [0.3, 0.4) is 0 Å². The van der Waals surface area contributed by atoms with Crippen LogP contribution in [0.5, 0.6) is 11.5 Å². The second-order valence-corrected chi connectivity index (χ2v) is 4.19. The number of nitrogens with two attached hydrogens (primary N) is 1. The van der Waals surface area contributed by atoms with Crippen molar-refractivity contribution in [1.82, 2.24) is 0 Å². The number of aliphatic hydroxyl groups is 1. The lowest BCUT2D eigenvalue weighted by molar-refractivity contribution is 0.267. The number of methoxy groups -OCH3 is 2. The van der Waals surface area contributed by atoms with Gasteiger partial charge in [0, 0.05) is 0 Å². The van der Waals surface area contributed by atoms with Gasteiger partial charge in [-0.2, -0.15) is 0 Å². The van der Waals surface area contributed by atoms with Gasteiger partial charge in [0.2, 0.25) is 0 Å². The van der Waals surface area contributed by atoms with E-state index in [-0.39, 0.29) is 6.61 Å². The normalized spacial score (nSPS) is 12.3. The Morgan fingerprint density at radius 3 is 2.53 bits per heavy atom. The number of hydrogen-bond acceptors (Lipinski definition) is 4. The van der Waals surface area contributed by atoms with Crippen molar-refractivity contribution in [2.45, 2.75) is 6.04 Å². The van der Waals surface area contributed by atoms with Crippen LogP contribution in [0.25, 0.3) is 0 Å². The van der Waals surface area contributed by atoms with Crippen molar-refractivity contribution in [2.75, 3.05) is 20.8 Å². The summed E-state index contributed by atoms with van der Waals surface area (Å²) >= 11 is 2.14. The third kappa shape index (κ3) is 2.73. The summed E-state index contributed by atoms with van der Waals surface area (Å²) < 4.78 is 11.3. The smallest absolute Gasteiger partial charge is 0.174 e. The molecule has 0 aromatic heterocycles. The van der Waals surface area contributed by atoms with E-state index in [0.29, 0.717) is 11.5 Å². The van der Waals surface area contributed by atoms with Crippen molar-refractivity contribution in [3.63, 3.8) is 0 Å². The second kappa shape index (κ2) is 5.53. The van der Waals surface area contributed by atoms with E-state index in [0.717, 1.165) is 9.13 Å². The fraction of sp³-hybridized carbons (Fsp3) is 0.400. The minimum absolute atomic E-state index is 0.0917. The van der Waals surface area contributed by atoms with Crippen molar-refractivity contribution in [2.24, 2.45) is 5.73 Å². The first-order chi connectivity index (χ1) is 7.13. The van der Waals surface area contributed by atoms with Crippen LogP contribution in [-0.2, 0) is 0 Å². The zero-order valence-corrected chi connectivity index (χ0v) is 10.8. The zero-order chi connectivity index (χ0) is 11.4. The lowest BCUT2D eigenvalue weighted by Crippen LogP contribution is -2.14. The number of rotatable bonds is 4. The molecule has 1 atom stereocenters. The highest BCUT2D eigenvalue weighted by molar-refractivity contribution is 14.1. The average molecular weight is 323 g/mol. The molecule has 1 rings (SSSR count). The van der Waals surface area contributed by atoms with E-state index in [1.165, 1.54) is 0 Å². The molecule has 0 fully saturated rings. The molecule has 15 heavy (non-hydrogen) atoms. The Balaban J connectivity index is 3.19. The third-order valence-corrected chi connectivity index (χ3v) is 2.88. The molecule has 0 spiro atoms. The van der Waals surface area contributed by atoms with Crippen molar-refractivity contribution >= 4 is 22.6 Å². The fourth-order valence-corrected chi connectivity index (χ4v) is 2.10. The van der Waals surface area contributed by atoms with E-state index in [9.17, 15) is 0 Å². The van der Waals surface area contributed by atoms with Crippen molar-refractivity contribution < 1.29 is 14.6 Å². The molecule has 0 amide bonds. The maximum absolute atomic E-state index is 8.97. The summed E-state index contributed by atoms with van der Waals surface area (Å²) in [5, 5.41) is 8.97. The molecular formula is C10H14INO3. The maximum atomic E-state index is 8.97. The van der Waals surface area contributed by atoms with E-state index in [4.69, 9.17) is 20.3 Å². The Kier molecular flexibility index (Phi) is 4.62. The molecule has 1 aromatic rings. The van der Waals surface area contributed by atoms with Crippen LogP contribution in [0.2, 0.25) is 0 Å². The van der Waals surface area contributed by atoms with Crippen LogP contribution in [0.1, 0.15) is 11.6 Å². The summed E-state index contributed by atoms with van der Waals surface area (Å²) in [6, 6.07) is 3.27. The highest BCUT2D eigenvalue weighted by atomic mass is 127. The Morgan fingerprint density at radius 2 is 2.07 bits per heavy atom. The number of ether oxygens (including phenoxy) is 2. The van der Waals surface area contributed by atoms with Gasteiger partial charge in [-0.15, -0.1) is 0 Å². The highest BCUT2D eigenvalue weighted by Gasteiger charge is 2.13. The van der Waals surface area contributed by atoms with Crippen LogP contribution in [-0.4, -0.2) is 25.9 Å². The first-order valence-corrected chi connectivity index (χ1v) is 5.49. The Labute approximate surface area is 103 Å². The molecule has 5 heteroatoms. The fourth-order valence-electron chi connectivity index (χ4n) is 1.26. The standard InChI is InChI=1S/C10H14INO3/c1-14-9-4-6(8(12)5-13)3-7(11)10(9)15-2/h3-4,8,13H,5,12H2,1-2H3/t8-/m1/s1. The Morgan fingerprint density at radius 1 is 1.40 bits per heavy atom. The molecular weight excluding hydrogens is 309 g/mol. The van der Waals surface area contributed by atoms with Gasteiger partial charge in [-0.1, -0.05) is 0 Å². The van der Waals surface area contributed by atoms with Gasteiger partial charge in [0.15, 0.2) is 11.5 Å². The zero-order valence-electron chi connectivity index (χ0n) is 8.66. The van der Waals surface area contributed by atoms with Gasteiger partial charge in [0.25, 0.3) is 0 Å². The van der Waals surface area contributed by atoms with Gasteiger partial charge in [0.05, 0.1) is 30.4 Å². The van der Waals surface area contributed by atoms with Crippen molar-refractivity contribution in [1.29, 1.82) is 0 Å². The van der Waals surface area contributed by atoms with Gasteiger partial charge >= 0.3 is 0 Å². The van der Waals surface area contributed by atoms with E-state index in [1.54, 1.807) is 20.3 Å². The molecule has 0 unspecified atom stereocenters. The molecule has 1 aromatic carbocycles. The Bertz CT molecular complexity index is 344. The largest absolute Gasteiger partial charge is 0.493 e. The summed E-state index contributed by atoms with van der Waals surface area (Å²) in [6.45, 7) is -0.0917. The number of halogens is 1. The van der Waals surface area contributed by atoms with Gasteiger partial charge in [-0.3, -0.25) is 0 Å². The quantitative estimate of drug-likeness (QED) is 0.820. The molecule has 0 saturated heterocycles. The SMILES string of the molecule is COc1cc([C@H](N)CO)cc(I)c1OC. The van der Waals surface area contributed by atoms with Gasteiger partial charge in [-0.05, 0) is 40.3 Å². The van der Waals surface area contributed by atoms with E-state index >= 15 is 0 Å². The minimum atomic E-state index is -0.390. The molecule has 0 aliphatic heterocycles. The van der Waals surface area contributed by atoms with Crippen LogP contribution >= 0.6 is 22.6 Å². The number of benzene rings is 1. The van der Waals surface area contributed by atoms with Crippen LogP contribution in [0.4, 0.5) is 0 Å². The summed E-state index contributed by atoms with van der Waals surface area (Å²) in [4.78, 5) is 0. The number of hydrogen-bond donors (Lipinski definition) is 2. The first-order valence-electron chi connectivity index (χ1n) is 4.41. The molecule has 84 valence electrons. The summed E-state index contributed by atoms with van der Waals surface area (Å²) in [7, 11) is 3.16. The molecule has 0 aliphatic carbocycles. The molecule has 3 N–H and O–H groups in total. The van der Waals surface area contributed by atoms with E-state index in [1.807, 2.05) is 6.07 Å². The predicted molar refractivity (Wildman–Crippen MR) is 66.3 cm³/mol. The summed E-state index contributed by atoms with van der Waals surface area (Å²) in [5.74, 6) is 1.32. The minimum Gasteiger partial charge on any atom is -0.493 e. The third-order valence-electron chi connectivity index (χ3n) is 2.08. The predicted octanol–water partition coefficient (Wildman–Crippen LogP) is 1.30. The van der Waals surface area contributed by atoms with E-state index < -0.39 is 6.04 Å². The first kappa shape index (κ1) is 12.5. The van der Waals surface area contributed by atoms with Gasteiger partial charge in [0.1, 0.15) is 0 Å². The van der Waals surface area contributed by atoms with Gasteiger partial charge < -0.3 is 20.3 Å². The molecule has 0 saturated carbocycles. The average Bonchev–Trinajstić information content (AvgIpc) is 2.26. The highest BCUT2D eigenvalue weighted by Crippen LogP contribution is 2.34. The molecule has 0 radical (unpaired) electrons. The second-order valence-electron chi connectivity index (χ2n) is 3.03. The van der Waals surface area contributed by atoms with Crippen LogP contribution < -0.4 is 15.2 Å². The molecule has 0 aliphatic rings. The number of aliphatic hydroxyl groups excluding tert-OH is 1. The maximum Gasteiger partial charge on any atom is 0.174 e. The molecule has 0 bridgehead atoms. The van der Waals surface area contributed by atoms with Crippen LogP contribution in [0.15, 0.2) is 12.1 Å². The lowest BCUT2D eigenvalue weighted by atomic mass is 10.1.